The number of ether oxygens (including phenoxy) is 1. The number of carboxylic acid groups (broad SMARTS) is 1. The van der Waals surface area contributed by atoms with E-state index in [1.54, 1.807) is 0 Å². The zero-order chi connectivity index (χ0) is 25.2. The van der Waals surface area contributed by atoms with E-state index in [0.717, 1.165) is 22.5 Å². The molecule has 3 rings (SSSR count). The van der Waals surface area contributed by atoms with Crippen molar-refractivity contribution in [3.05, 3.63) is 77.1 Å². The summed E-state index contributed by atoms with van der Waals surface area (Å²) in [6, 6.07) is 18.5. The maximum absolute atomic E-state index is 10.7. The summed E-state index contributed by atoms with van der Waals surface area (Å²) in [4.78, 5) is 23.7. The van der Waals surface area contributed by atoms with Gasteiger partial charge in [0.25, 0.3) is 0 Å². The fraction of sp³-hybridized carbons (Fsp3) is 0.250. The number of benzene rings is 2. The Labute approximate surface area is 235 Å². The average molecular weight is 495 g/mol. The number of aliphatic carboxylic acids is 1. The van der Waals surface area contributed by atoms with Gasteiger partial charge in [-0.3, -0.25) is 0 Å². The van der Waals surface area contributed by atoms with Crippen molar-refractivity contribution in [1.29, 1.82) is 0 Å². The van der Waals surface area contributed by atoms with Gasteiger partial charge in [-0.1, -0.05) is 36.4 Å². The summed E-state index contributed by atoms with van der Waals surface area (Å²) in [6.45, 7) is 0.197. The minimum Gasteiger partial charge on any atom is -0.550 e. The van der Waals surface area contributed by atoms with Crippen LogP contribution in [-0.4, -0.2) is 50.7 Å². The summed E-state index contributed by atoms with van der Waals surface area (Å²) in [6.07, 6.45) is 8.03. The van der Waals surface area contributed by atoms with Gasteiger partial charge in [0, 0.05) is 45.5 Å². The second-order valence-electron chi connectivity index (χ2n) is 8.46. The summed E-state index contributed by atoms with van der Waals surface area (Å²) in [7, 11) is 8.02. The van der Waals surface area contributed by atoms with E-state index in [4.69, 9.17) is 4.74 Å². The van der Waals surface area contributed by atoms with Crippen LogP contribution >= 0.6 is 0 Å². The third kappa shape index (κ3) is 9.49. The minimum absolute atomic E-state index is 0. The first-order valence-electron chi connectivity index (χ1n) is 11.4. The number of aromatic nitrogens is 2. The predicted octanol–water partition coefficient (Wildman–Crippen LogP) is 0.862. The van der Waals surface area contributed by atoms with Gasteiger partial charge < -0.3 is 24.4 Å². The quantitative estimate of drug-likeness (QED) is 0.289. The van der Waals surface area contributed by atoms with E-state index in [1.807, 2.05) is 82.8 Å². The molecule has 0 N–H and O–H groups in total. The Morgan fingerprint density at radius 2 is 1.25 bits per heavy atom. The van der Waals surface area contributed by atoms with Gasteiger partial charge in [0.2, 0.25) is 0 Å². The smallest absolute Gasteiger partial charge is 0.550 e. The topological polar surface area (TPSA) is 81.6 Å². The Hall–Kier alpha value is -3.13. The number of anilines is 2. The van der Waals surface area contributed by atoms with Crippen LogP contribution in [0.3, 0.4) is 0 Å². The minimum atomic E-state index is -1.10. The van der Waals surface area contributed by atoms with Gasteiger partial charge in [-0.05, 0) is 66.5 Å². The number of hydrogen-bond donors (Lipinski definition) is 0. The molecule has 0 aliphatic heterocycles. The van der Waals surface area contributed by atoms with Crippen molar-refractivity contribution in [3.63, 3.8) is 0 Å². The molecule has 36 heavy (non-hydrogen) atoms. The monoisotopic (exact) mass is 494 g/mol. The summed E-state index contributed by atoms with van der Waals surface area (Å²) >= 11 is 0. The molecule has 0 atom stereocenters. The van der Waals surface area contributed by atoms with Crippen LogP contribution in [0.2, 0.25) is 0 Å². The van der Waals surface area contributed by atoms with Crippen molar-refractivity contribution in [3.8, 4) is 6.01 Å². The SMILES string of the molecule is CN(C)c1ccc(/C=C/c2cc(/C=C/c3ccc(N(C)C)cc3)nc(OCCCC(=O)[O-])n2)cc1.[Na+]. The van der Waals surface area contributed by atoms with Crippen molar-refractivity contribution in [2.75, 3.05) is 44.6 Å². The number of carbonyl (C=O) groups is 1. The maximum atomic E-state index is 10.7. The van der Waals surface area contributed by atoms with Crippen LogP contribution in [0.15, 0.2) is 54.6 Å². The third-order valence-corrected chi connectivity index (χ3v) is 5.21. The molecule has 1 aromatic heterocycles. The molecule has 7 nitrogen and oxygen atoms in total. The Morgan fingerprint density at radius 1 is 0.806 bits per heavy atom. The summed E-state index contributed by atoms with van der Waals surface area (Å²) in [5, 5.41) is 10.7. The number of carboxylic acids is 1. The second-order valence-corrected chi connectivity index (χ2v) is 8.46. The molecular formula is C28H31N4NaO3. The van der Waals surface area contributed by atoms with Crippen molar-refractivity contribution in [2.24, 2.45) is 0 Å². The first-order valence-corrected chi connectivity index (χ1v) is 11.4. The van der Waals surface area contributed by atoms with E-state index in [0.29, 0.717) is 17.8 Å². The van der Waals surface area contributed by atoms with Crippen LogP contribution in [0.5, 0.6) is 6.01 Å². The van der Waals surface area contributed by atoms with Crippen LogP contribution in [0, 0.1) is 0 Å². The fourth-order valence-corrected chi connectivity index (χ4v) is 3.21. The summed E-state index contributed by atoms with van der Waals surface area (Å²) in [5.41, 5.74) is 5.72. The molecule has 1 heterocycles. The van der Waals surface area contributed by atoms with Gasteiger partial charge in [0.1, 0.15) is 0 Å². The number of carbonyl (C=O) groups excluding carboxylic acids is 1. The Kier molecular flexibility index (Phi) is 11.7. The molecule has 0 saturated heterocycles. The molecule has 0 aliphatic carbocycles. The standard InChI is InChI=1S/C28H32N4O3.Na/c1-31(2)25-15-9-21(10-16-25)7-13-23-20-24(30-28(29-23)35-19-5-6-27(33)34)14-8-22-11-17-26(18-12-22)32(3)4;/h7-18,20H,5-6,19H2,1-4H3,(H,33,34);/q;+1/p-1/b13-7+,14-8+;. The largest absolute Gasteiger partial charge is 1.00 e. The Bertz CT molecular complexity index is 1090. The molecule has 3 aromatic rings. The molecule has 182 valence electrons. The van der Waals surface area contributed by atoms with Gasteiger partial charge in [-0.2, -0.15) is 9.97 Å². The van der Waals surface area contributed by atoms with Crippen LogP contribution in [0.4, 0.5) is 11.4 Å². The number of nitrogens with zero attached hydrogens (tertiary/aromatic N) is 4. The van der Waals surface area contributed by atoms with Gasteiger partial charge in [0.05, 0.1) is 18.0 Å². The molecule has 0 bridgehead atoms. The van der Waals surface area contributed by atoms with E-state index in [-0.39, 0.29) is 48.6 Å². The zero-order valence-corrected chi connectivity index (χ0v) is 23.6. The van der Waals surface area contributed by atoms with E-state index < -0.39 is 5.97 Å². The van der Waals surface area contributed by atoms with E-state index in [9.17, 15) is 9.90 Å². The van der Waals surface area contributed by atoms with E-state index >= 15 is 0 Å². The third-order valence-electron chi connectivity index (χ3n) is 5.21. The molecule has 0 radical (unpaired) electrons. The van der Waals surface area contributed by atoms with Gasteiger partial charge in [-0.15, -0.1) is 0 Å². The van der Waals surface area contributed by atoms with Crippen LogP contribution in [-0.2, 0) is 4.79 Å². The van der Waals surface area contributed by atoms with Crippen molar-refractivity contribution in [1.82, 2.24) is 9.97 Å². The van der Waals surface area contributed by atoms with Crippen molar-refractivity contribution in [2.45, 2.75) is 12.8 Å². The Balaban J connectivity index is 0.00000456. The normalized spacial score (nSPS) is 10.9. The van der Waals surface area contributed by atoms with Gasteiger partial charge in [0.15, 0.2) is 0 Å². The maximum Gasteiger partial charge on any atom is 1.00 e. The van der Waals surface area contributed by atoms with E-state index in [2.05, 4.69) is 44.0 Å². The molecule has 0 aliphatic rings. The first-order chi connectivity index (χ1) is 16.8. The first kappa shape index (κ1) is 29.1. The molecule has 0 spiro atoms. The van der Waals surface area contributed by atoms with Crippen molar-refractivity contribution < 1.29 is 44.2 Å². The van der Waals surface area contributed by atoms with Crippen LogP contribution in [0.1, 0.15) is 35.4 Å². The van der Waals surface area contributed by atoms with Gasteiger partial charge in [-0.25, -0.2) is 0 Å². The van der Waals surface area contributed by atoms with Crippen LogP contribution in [0.25, 0.3) is 24.3 Å². The zero-order valence-electron chi connectivity index (χ0n) is 21.6. The Morgan fingerprint density at radius 3 is 1.64 bits per heavy atom. The van der Waals surface area contributed by atoms with Crippen molar-refractivity contribution >= 4 is 41.6 Å². The second kappa shape index (κ2) is 14.4. The number of hydrogen-bond acceptors (Lipinski definition) is 7. The molecule has 0 fully saturated rings. The average Bonchev–Trinajstić information content (AvgIpc) is 2.84. The predicted molar refractivity (Wildman–Crippen MR) is 141 cm³/mol. The van der Waals surface area contributed by atoms with Gasteiger partial charge >= 0.3 is 35.6 Å². The number of rotatable bonds is 11. The molecule has 0 saturated carbocycles. The molecule has 0 amide bonds. The molecular weight excluding hydrogens is 463 g/mol. The van der Waals surface area contributed by atoms with E-state index in [1.165, 1.54) is 0 Å². The summed E-state index contributed by atoms with van der Waals surface area (Å²) < 4.78 is 5.63. The molecule has 0 unspecified atom stereocenters. The molecule has 2 aromatic carbocycles. The molecule has 8 heteroatoms. The summed E-state index contributed by atoms with van der Waals surface area (Å²) in [5.74, 6) is -1.10. The fourth-order valence-electron chi connectivity index (χ4n) is 3.21. The van der Waals surface area contributed by atoms with Crippen LogP contribution < -0.4 is 49.2 Å².